The monoisotopic (exact) mass is 247 g/mol. The van der Waals surface area contributed by atoms with Gasteiger partial charge in [-0.05, 0) is 6.07 Å². The van der Waals surface area contributed by atoms with Crippen LogP contribution in [0.2, 0.25) is 0 Å². The number of anilines is 1. The lowest BCUT2D eigenvalue weighted by atomic mass is 10.1. The van der Waals surface area contributed by atoms with E-state index in [4.69, 9.17) is 10.8 Å². The van der Waals surface area contributed by atoms with Crippen LogP contribution in [-0.4, -0.2) is 25.7 Å². The molecular formula is C9H10FNO4S. The minimum Gasteiger partial charge on any atom is -0.478 e. The molecule has 0 unspecified atom stereocenters. The van der Waals surface area contributed by atoms with E-state index in [0.29, 0.717) is 0 Å². The van der Waals surface area contributed by atoms with Gasteiger partial charge in [-0.3, -0.25) is 0 Å². The van der Waals surface area contributed by atoms with Crippen LogP contribution in [0.3, 0.4) is 0 Å². The molecule has 0 aliphatic carbocycles. The summed E-state index contributed by atoms with van der Waals surface area (Å²) in [5, 5.41) is 8.70. The van der Waals surface area contributed by atoms with Gasteiger partial charge in [-0.1, -0.05) is 6.07 Å². The van der Waals surface area contributed by atoms with E-state index in [1.165, 1.54) is 6.07 Å². The van der Waals surface area contributed by atoms with Gasteiger partial charge in [0.2, 0.25) is 0 Å². The first-order valence-electron chi connectivity index (χ1n) is 4.20. The predicted octanol–water partition coefficient (Wildman–Crippen LogP) is 0.651. The van der Waals surface area contributed by atoms with Crippen LogP contribution in [0.4, 0.5) is 10.1 Å². The molecule has 5 nitrogen and oxygen atoms in total. The van der Waals surface area contributed by atoms with Gasteiger partial charge in [0.25, 0.3) is 0 Å². The van der Waals surface area contributed by atoms with Crippen LogP contribution >= 0.6 is 0 Å². The lowest BCUT2D eigenvalue weighted by Crippen LogP contribution is -2.10. The number of carboxylic acid groups (broad SMARTS) is 1. The van der Waals surface area contributed by atoms with Gasteiger partial charge in [0.1, 0.15) is 11.4 Å². The first-order chi connectivity index (χ1) is 7.22. The molecule has 1 aromatic rings. The maximum Gasteiger partial charge on any atom is 0.340 e. The summed E-state index contributed by atoms with van der Waals surface area (Å²) in [5.41, 5.74) is 4.16. The molecule has 0 atom stereocenters. The van der Waals surface area contributed by atoms with Crippen molar-refractivity contribution in [2.45, 2.75) is 5.75 Å². The SMILES string of the molecule is CS(=O)(=O)Cc1ccc(N)c(C(=O)O)c1F. The number of sulfone groups is 1. The molecule has 0 aromatic heterocycles. The second-order valence-electron chi connectivity index (χ2n) is 3.38. The molecule has 0 aliphatic rings. The summed E-state index contributed by atoms with van der Waals surface area (Å²) in [5.74, 6) is -3.18. The summed E-state index contributed by atoms with van der Waals surface area (Å²) in [6.07, 6.45) is 0.934. The van der Waals surface area contributed by atoms with E-state index in [1.54, 1.807) is 0 Å². The molecule has 0 spiro atoms. The molecule has 0 heterocycles. The zero-order valence-electron chi connectivity index (χ0n) is 8.40. The summed E-state index contributed by atoms with van der Waals surface area (Å²) < 4.78 is 35.5. The number of nitrogens with two attached hydrogens (primary N) is 1. The molecule has 0 fully saturated rings. The van der Waals surface area contributed by atoms with E-state index in [1.807, 2.05) is 0 Å². The lowest BCUT2D eigenvalue weighted by molar-refractivity contribution is 0.0693. The molecule has 7 heteroatoms. The van der Waals surface area contributed by atoms with Crippen molar-refractivity contribution in [3.63, 3.8) is 0 Å². The highest BCUT2D eigenvalue weighted by atomic mass is 32.2. The summed E-state index contributed by atoms with van der Waals surface area (Å²) in [6, 6.07) is 2.34. The van der Waals surface area contributed by atoms with Crippen LogP contribution in [-0.2, 0) is 15.6 Å². The van der Waals surface area contributed by atoms with Gasteiger partial charge in [0.15, 0.2) is 9.84 Å². The Morgan fingerprint density at radius 1 is 1.50 bits per heavy atom. The summed E-state index contributed by atoms with van der Waals surface area (Å²) in [7, 11) is -3.43. The Kier molecular flexibility index (Phi) is 3.18. The summed E-state index contributed by atoms with van der Waals surface area (Å²) in [6.45, 7) is 0. The van der Waals surface area contributed by atoms with Crippen molar-refractivity contribution >= 4 is 21.5 Å². The van der Waals surface area contributed by atoms with Gasteiger partial charge in [0, 0.05) is 17.5 Å². The van der Waals surface area contributed by atoms with Gasteiger partial charge < -0.3 is 10.8 Å². The van der Waals surface area contributed by atoms with Crippen LogP contribution < -0.4 is 5.73 Å². The molecule has 0 saturated carbocycles. The minimum absolute atomic E-state index is 0.200. The zero-order chi connectivity index (χ0) is 12.5. The number of rotatable bonds is 3. The molecule has 1 rings (SSSR count). The van der Waals surface area contributed by atoms with Crippen molar-refractivity contribution in [1.29, 1.82) is 0 Å². The van der Waals surface area contributed by atoms with Gasteiger partial charge in [-0.15, -0.1) is 0 Å². The molecule has 1 aromatic carbocycles. The highest BCUT2D eigenvalue weighted by Gasteiger charge is 2.19. The van der Waals surface area contributed by atoms with Crippen LogP contribution in [0.15, 0.2) is 12.1 Å². The summed E-state index contributed by atoms with van der Waals surface area (Å²) >= 11 is 0. The van der Waals surface area contributed by atoms with Gasteiger partial charge in [0.05, 0.1) is 5.75 Å². The number of nitrogen functional groups attached to an aromatic ring is 1. The largest absolute Gasteiger partial charge is 0.478 e. The molecule has 0 aliphatic heterocycles. The fourth-order valence-electron chi connectivity index (χ4n) is 1.25. The van der Waals surface area contributed by atoms with E-state index in [9.17, 15) is 17.6 Å². The third-order valence-corrected chi connectivity index (χ3v) is 2.72. The number of halogens is 1. The van der Waals surface area contributed by atoms with Gasteiger partial charge in [-0.25, -0.2) is 17.6 Å². The Morgan fingerprint density at radius 2 is 2.06 bits per heavy atom. The van der Waals surface area contributed by atoms with Gasteiger partial charge in [-0.2, -0.15) is 0 Å². The van der Waals surface area contributed by atoms with E-state index < -0.39 is 32.9 Å². The second kappa shape index (κ2) is 4.09. The first kappa shape index (κ1) is 12.4. The molecule has 0 bridgehead atoms. The Labute approximate surface area is 91.6 Å². The van der Waals surface area contributed by atoms with Gasteiger partial charge >= 0.3 is 5.97 Å². The van der Waals surface area contributed by atoms with Crippen LogP contribution in [0.1, 0.15) is 15.9 Å². The number of carbonyl (C=O) groups is 1. The smallest absolute Gasteiger partial charge is 0.340 e. The predicted molar refractivity (Wildman–Crippen MR) is 56.3 cm³/mol. The highest BCUT2D eigenvalue weighted by Crippen LogP contribution is 2.21. The average molecular weight is 247 g/mol. The fraction of sp³-hybridized carbons (Fsp3) is 0.222. The normalized spacial score (nSPS) is 11.4. The molecule has 0 amide bonds. The van der Waals surface area contributed by atoms with Crippen molar-refractivity contribution in [3.05, 3.63) is 29.1 Å². The van der Waals surface area contributed by atoms with Crippen LogP contribution in [0, 0.1) is 5.82 Å². The molecule has 88 valence electrons. The van der Waals surface area contributed by atoms with E-state index in [0.717, 1.165) is 12.3 Å². The molecule has 0 radical (unpaired) electrons. The molecular weight excluding hydrogens is 237 g/mol. The molecule has 0 saturated heterocycles. The lowest BCUT2D eigenvalue weighted by Gasteiger charge is -2.07. The maximum atomic E-state index is 13.6. The first-order valence-corrected chi connectivity index (χ1v) is 6.26. The number of carboxylic acids is 1. The Morgan fingerprint density at radius 3 is 2.50 bits per heavy atom. The Hall–Kier alpha value is -1.63. The topological polar surface area (TPSA) is 97.5 Å². The van der Waals surface area contributed by atoms with E-state index >= 15 is 0 Å². The van der Waals surface area contributed by atoms with Crippen molar-refractivity contribution in [2.24, 2.45) is 0 Å². The quantitative estimate of drug-likeness (QED) is 0.764. The zero-order valence-corrected chi connectivity index (χ0v) is 9.21. The van der Waals surface area contributed by atoms with E-state index in [-0.39, 0.29) is 11.3 Å². The van der Waals surface area contributed by atoms with Crippen LogP contribution in [0.25, 0.3) is 0 Å². The Balaban J connectivity index is 3.35. The third kappa shape index (κ3) is 2.69. The standard InChI is InChI=1S/C9H10FNO4S/c1-16(14,15)4-5-2-3-6(11)7(8(5)10)9(12)13/h2-3H,4,11H2,1H3,(H,12,13). The molecule has 16 heavy (non-hydrogen) atoms. The number of aromatic carboxylic acids is 1. The average Bonchev–Trinajstić information content (AvgIpc) is 2.07. The number of hydrogen-bond donors (Lipinski definition) is 2. The summed E-state index contributed by atoms with van der Waals surface area (Å²) in [4.78, 5) is 10.7. The number of benzene rings is 1. The van der Waals surface area contributed by atoms with Crippen molar-refractivity contribution in [2.75, 3.05) is 12.0 Å². The fourth-order valence-corrected chi connectivity index (χ4v) is 2.03. The third-order valence-electron chi connectivity index (χ3n) is 1.89. The van der Waals surface area contributed by atoms with Crippen LogP contribution in [0.5, 0.6) is 0 Å². The van der Waals surface area contributed by atoms with Crippen molar-refractivity contribution in [1.82, 2.24) is 0 Å². The molecule has 3 N–H and O–H groups in total. The Bertz CT molecular complexity index is 539. The minimum atomic E-state index is -3.43. The van der Waals surface area contributed by atoms with Crippen molar-refractivity contribution < 1.29 is 22.7 Å². The second-order valence-corrected chi connectivity index (χ2v) is 5.52. The maximum absolute atomic E-state index is 13.6. The highest BCUT2D eigenvalue weighted by molar-refractivity contribution is 7.89. The van der Waals surface area contributed by atoms with Crippen molar-refractivity contribution in [3.8, 4) is 0 Å². The van der Waals surface area contributed by atoms with E-state index in [2.05, 4.69) is 0 Å². The number of hydrogen-bond acceptors (Lipinski definition) is 4.